The second kappa shape index (κ2) is 10.9. The van der Waals surface area contributed by atoms with E-state index in [9.17, 15) is 0 Å². The van der Waals surface area contributed by atoms with E-state index in [-0.39, 0.29) is 0 Å². The Bertz CT molecular complexity index is 3130. The largest absolute Gasteiger partial charge is 0.455 e. The second-order valence-electron chi connectivity index (χ2n) is 13.6. The average molecular weight is 647 g/mol. The van der Waals surface area contributed by atoms with E-state index in [1.165, 1.54) is 76.1 Å². The van der Waals surface area contributed by atoms with E-state index in [1.807, 2.05) is 6.07 Å². The van der Waals surface area contributed by atoms with Gasteiger partial charge in [0, 0.05) is 16.3 Å². The van der Waals surface area contributed by atoms with Crippen molar-refractivity contribution in [1.29, 1.82) is 0 Å². The first kappa shape index (κ1) is 28.2. The monoisotopic (exact) mass is 646 g/mol. The number of rotatable bonds is 3. The summed E-state index contributed by atoms with van der Waals surface area (Å²) in [6.45, 7) is 0. The third-order valence-corrected chi connectivity index (χ3v) is 10.8. The number of furan rings is 1. The molecule has 0 amide bonds. The van der Waals surface area contributed by atoms with Gasteiger partial charge in [-0.25, -0.2) is 0 Å². The predicted molar refractivity (Wildman–Crippen MR) is 218 cm³/mol. The molecule has 0 saturated heterocycles. The molecule has 11 aromatic rings. The highest BCUT2D eigenvalue weighted by Gasteiger charge is 2.19. The fraction of sp³-hybridized carbons (Fsp3) is 0. The van der Waals surface area contributed by atoms with Gasteiger partial charge in [-0.2, -0.15) is 0 Å². The standard InChI is InChI=1S/C50H30O/c1-3-15-37-31(12-1)14-11-22-40(37)49-43-20-7-5-18-41(43)47(42-19-6-8-21-44(42)49)35-26-24-33-29-36(27-25-32(33)28-35)48-38-16-4-2-13-34(38)30-45-39-17-9-10-23-46(39)51-50(45)48/h1-30H. The van der Waals surface area contributed by atoms with Crippen LogP contribution >= 0.6 is 0 Å². The fourth-order valence-electron chi connectivity index (χ4n) is 8.54. The zero-order valence-electron chi connectivity index (χ0n) is 27.7. The molecule has 0 bridgehead atoms. The zero-order valence-corrected chi connectivity index (χ0v) is 27.7. The van der Waals surface area contributed by atoms with Gasteiger partial charge < -0.3 is 4.42 Å². The highest BCUT2D eigenvalue weighted by Crippen LogP contribution is 2.46. The molecule has 0 fully saturated rings. The number of benzene rings is 10. The van der Waals surface area contributed by atoms with Gasteiger partial charge in [-0.3, -0.25) is 0 Å². The lowest BCUT2D eigenvalue weighted by Gasteiger charge is -2.19. The minimum Gasteiger partial charge on any atom is -0.455 e. The van der Waals surface area contributed by atoms with Crippen LogP contribution in [0.25, 0.3) is 109 Å². The van der Waals surface area contributed by atoms with Gasteiger partial charge in [0.2, 0.25) is 0 Å². The van der Waals surface area contributed by atoms with Crippen molar-refractivity contribution in [2.75, 3.05) is 0 Å². The van der Waals surface area contributed by atoms with Crippen molar-refractivity contribution in [3.8, 4) is 33.4 Å². The molecule has 0 unspecified atom stereocenters. The number of hydrogen-bond acceptors (Lipinski definition) is 1. The lowest BCUT2D eigenvalue weighted by molar-refractivity contribution is 0.670. The Morgan fingerprint density at radius 2 is 0.784 bits per heavy atom. The van der Waals surface area contributed by atoms with E-state index in [1.54, 1.807) is 0 Å². The Morgan fingerprint density at radius 3 is 1.47 bits per heavy atom. The Kier molecular flexibility index (Phi) is 6.02. The fourth-order valence-corrected chi connectivity index (χ4v) is 8.54. The van der Waals surface area contributed by atoms with E-state index in [4.69, 9.17) is 4.42 Å². The van der Waals surface area contributed by atoms with E-state index in [0.29, 0.717) is 0 Å². The summed E-state index contributed by atoms with van der Waals surface area (Å²) < 4.78 is 6.58. The zero-order chi connectivity index (χ0) is 33.5. The molecule has 1 aromatic heterocycles. The number of para-hydroxylation sites is 1. The molecule has 0 aliphatic rings. The van der Waals surface area contributed by atoms with Crippen LogP contribution in [0, 0.1) is 0 Å². The first-order valence-corrected chi connectivity index (χ1v) is 17.6. The van der Waals surface area contributed by atoms with Crippen LogP contribution in [0.2, 0.25) is 0 Å². The topological polar surface area (TPSA) is 13.1 Å². The summed E-state index contributed by atoms with van der Waals surface area (Å²) in [5, 5.41) is 14.7. The van der Waals surface area contributed by atoms with Gasteiger partial charge in [-0.15, -0.1) is 0 Å². The number of hydrogen-bond donors (Lipinski definition) is 0. The van der Waals surface area contributed by atoms with E-state index in [0.717, 1.165) is 33.1 Å². The van der Waals surface area contributed by atoms with Crippen LogP contribution in [0.5, 0.6) is 0 Å². The van der Waals surface area contributed by atoms with Crippen molar-refractivity contribution >= 4 is 75.8 Å². The predicted octanol–water partition coefficient (Wildman–Crippen LogP) is 14.4. The van der Waals surface area contributed by atoms with Gasteiger partial charge in [0.1, 0.15) is 11.2 Å². The van der Waals surface area contributed by atoms with Crippen LogP contribution in [0.1, 0.15) is 0 Å². The minimum atomic E-state index is 0.917. The molecule has 11 rings (SSSR count). The van der Waals surface area contributed by atoms with Gasteiger partial charge in [0.15, 0.2) is 0 Å². The van der Waals surface area contributed by atoms with Crippen LogP contribution in [-0.4, -0.2) is 0 Å². The molecule has 0 radical (unpaired) electrons. The van der Waals surface area contributed by atoms with Crippen molar-refractivity contribution < 1.29 is 4.42 Å². The van der Waals surface area contributed by atoms with Crippen LogP contribution in [-0.2, 0) is 0 Å². The quantitative estimate of drug-likeness (QED) is 0.174. The molecular formula is C50H30O. The second-order valence-corrected chi connectivity index (χ2v) is 13.6. The lowest BCUT2D eigenvalue weighted by Crippen LogP contribution is -1.91. The maximum Gasteiger partial charge on any atom is 0.143 e. The van der Waals surface area contributed by atoms with Crippen molar-refractivity contribution in [3.63, 3.8) is 0 Å². The van der Waals surface area contributed by atoms with Crippen molar-refractivity contribution in [1.82, 2.24) is 0 Å². The Labute approximate surface area is 294 Å². The van der Waals surface area contributed by atoms with E-state index in [2.05, 4.69) is 176 Å². The third-order valence-electron chi connectivity index (χ3n) is 10.8. The Hall–Kier alpha value is -6.70. The average Bonchev–Trinajstić information content (AvgIpc) is 3.56. The Morgan fingerprint density at radius 1 is 0.275 bits per heavy atom. The SMILES string of the molecule is c1ccc2c(-c3c4ccccc4c(-c4ccc5cc(-c6c7ccccc7cc7c6oc6ccccc67)ccc5c4)c4ccccc34)cccc2c1. The molecule has 0 atom stereocenters. The normalized spacial score (nSPS) is 11.9. The number of fused-ring (bicyclic) bond motifs is 8. The highest BCUT2D eigenvalue weighted by atomic mass is 16.3. The summed E-state index contributed by atoms with van der Waals surface area (Å²) in [4.78, 5) is 0. The highest BCUT2D eigenvalue weighted by molar-refractivity contribution is 6.24. The molecule has 0 saturated carbocycles. The van der Waals surface area contributed by atoms with Crippen LogP contribution in [0.15, 0.2) is 186 Å². The Balaban J connectivity index is 1.13. The van der Waals surface area contributed by atoms with Crippen molar-refractivity contribution in [2.45, 2.75) is 0 Å². The van der Waals surface area contributed by atoms with Crippen LogP contribution in [0.3, 0.4) is 0 Å². The van der Waals surface area contributed by atoms with Gasteiger partial charge in [-0.1, -0.05) is 158 Å². The van der Waals surface area contributed by atoms with Gasteiger partial charge >= 0.3 is 0 Å². The van der Waals surface area contributed by atoms with Crippen molar-refractivity contribution in [2.24, 2.45) is 0 Å². The van der Waals surface area contributed by atoms with Crippen LogP contribution in [0.4, 0.5) is 0 Å². The molecule has 1 nitrogen and oxygen atoms in total. The molecule has 0 spiro atoms. The third kappa shape index (κ3) is 4.22. The summed E-state index contributed by atoms with van der Waals surface area (Å²) in [5.41, 5.74) is 9.21. The molecule has 1 heteroatoms. The lowest BCUT2D eigenvalue weighted by atomic mass is 9.84. The van der Waals surface area contributed by atoms with Crippen LogP contribution < -0.4 is 0 Å². The summed E-state index contributed by atoms with van der Waals surface area (Å²) in [7, 11) is 0. The van der Waals surface area contributed by atoms with E-state index < -0.39 is 0 Å². The molecule has 0 aliphatic carbocycles. The summed E-state index contributed by atoms with van der Waals surface area (Å²) in [6.07, 6.45) is 0. The molecule has 236 valence electrons. The smallest absolute Gasteiger partial charge is 0.143 e. The van der Waals surface area contributed by atoms with Gasteiger partial charge in [0.05, 0.1) is 0 Å². The summed E-state index contributed by atoms with van der Waals surface area (Å²) in [6, 6.07) is 66.3. The minimum absolute atomic E-state index is 0.917. The van der Waals surface area contributed by atoms with Crippen molar-refractivity contribution in [3.05, 3.63) is 182 Å². The molecule has 0 aliphatic heterocycles. The van der Waals surface area contributed by atoms with Gasteiger partial charge in [0.25, 0.3) is 0 Å². The molecular weight excluding hydrogens is 617 g/mol. The summed E-state index contributed by atoms with van der Waals surface area (Å²) >= 11 is 0. The molecule has 10 aromatic carbocycles. The summed E-state index contributed by atoms with van der Waals surface area (Å²) in [5.74, 6) is 0. The molecule has 1 heterocycles. The maximum absolute atomic E-state index is 6.58. The van der Waals surface area contributed by atoms with Gasteiger partial charge in [-0.05, 0) is 106 Å². The molecule has 51 heavy (non-hydrogen) atoms. The first-order valence-electron chi connectivity index (χ1n) is 17.6. The first-order chi connectivity index (χ1) is 25.3. The maximum atomic E-state index is 6.58. The molecule has 0 N–H and O–H groups in total. The van der Waals surface area contributed by atoms with E-state index >= 15 is 0 Å².